The Morgan fingerprint density at radius 3 is 2.45 bits per heavy atom. The van der Waals surface area contributed by atoms with E-state index >= 15 is 0 Å². The molecule has 0 aliphatic rings. The molecule has 1 aromatic rings. The van der Waals surface area contributed by atoms with Crippen molar-refractivity contribution in [3.63, 3.8) is 0 Å². The fraction of sp³-hybridized carbons (Fsp3) is 0.533. The number of benzene rings is 1. The van der Waals surface area contributed by atoms with Crippen molar-refractivity contribution in [2.75, 3.05) is 0 Å². The highest BCUT2D eigenvalue weighted by atomic mass is 127. The quantitative estimate of drug-likeness (QED) is 0.704. The van der Waals surface area contributed by atoms with E-state index < -0.39 is 5.60 Å². The maximum Gasteiger partial charge on any atom is 0.410 e. The van der Waals surface area contributed by atoms with E-state index in [2.05, 4.69) is 0 Å². The SMILES string of the molecule is CC(C)N(Cc1ccc(F)c(I)c1)C(=O)OC(C)(C)C. The standard InChI is InChI=1S/C15H21FINO2/c1-10(2)18(14(19)20-15(3,4)5)9-11-6-7-12(16)13(17)8-11/h6-8,10H,9H2,1-5H3. The number of hydrogen-bond donors (Lipinski definition) is 0. The van der Waals surface area contributed by atoms with E-state index in [1.165, 1.54) is 6.07 Å². The number of ether oxygens (including phenoxy) is 1. The Kier molecular flexibility index (Phi) is 5.79. The van der Waals surface area contributed by atoms with Crippen LogP contribution in [0.15, 0.2) is 18.2 Å². The van der Waals surface area contributed by atoms with Crippen LogP contribution in [0.25, 0.3) is 0 Å². The molecular weight excluding hydrogens is 372 g/mol. The Morgan fingerprint density at radius 2 is 2.00 bits per heavy atom. The first-order valence-corrected chi connectivity index (χ1v) is 7.61. The van der Waals surface area contributed by atoms with Crippen LogP contribution in [-0.4, -0.2) is 22.6 Å². The molecule has 0 atom stereocenters. The van der Waals surface area contributed by atoms with Crippen molar-refractivity contribution in [2.45, 2.75) is 52.8 Å². The van der Waals surface area contributed by atoms with Crippen molar-refractivity contribution in [1.29, 1.82) is 0 Å². The average Bonchev–Trinajstić information content (AvgIpc) is 2.27. The second-order valence-electron chi connectivity index (χ2n) is 5.95. The third kappa shape index (κ3) is 5.26. The predicted molar refractivity (Wildman–Crippen MR) is 86.0 cm³/mol. The van der Waals surface area contributed by atoms with Crippen LogP contribution < -0.4 is 0 Å². The van der Waals surface area contributed by atoms with Gasteiger partial charge in [-0.15, -0.1) is 0 Å². The molecule has 0 heterocycles. The number of rotatable bonds is 3. The first-order valence-electron chi connectivity index (χ1n) is 6.53. The Morgan fingerprint density at radius 1 is 1.40 bits per heavy atom. The predicted octanol–water partition coefficient (Wildman–Crippen LogP) is 4.58. The van der Waals surface area contributed by atoms with E-state index in [1.54, 1.807) is 17.0 Å². The summed E-state index contributed by atoms with van der Waals surface area (Å²) in [5.41, 5.74) is 0.358. The van der Waals surface area contributed by atoms with Crippen LogP contribution in [-0.2, 0) is 11.3 Å². The van der Waals surface area contributed by atoms with Gasteiger partial charge in [0, 0.05) is 16.2 Å². The molecule has 3 nitrogen and oxygen atoms in total. The normalized spacial score (nSPS) is 11.6. The third-order valence-electron chi connectivity index (χ3n) is 2.59. The molecule has 0 radical (unpaired) electrons. The molecule has 1 rings (SSSR count). The molecule has 0 bridgehead atoms. The smallest absolute Gasteiger partial charge is 0.410 e. The van der Waals surface area contributed by atoms with Crippen LogP contribution in [0.3, 0.4) is 0 Å². The van der Waals surface area contributed by atoms with Crippen molar-refractivity contribution in [3.8, 4) is 0 Å². The van der Waals surface area contributed by atoms with Gasteiger partial charge in [-0.25, -0.2) is 9.18 Å². The number of nitrogens with zero attached hydrogens (tertiary/aromatic N) is 1. The molecule has 0 aliphatic carbocycles. The summed E-state index contributed by atoms with van der Waals surface area (Å²) in [7, 11) is 0. The summed E-state index contributed by atoms with van der Waals surface area (Å²) in [6, 6.07) is 4.87. The molecule has 0 saturated heterocycles. The fourth-order valence-electron chi connectivity index (χ4n) is 1.61. The van der Waals surface area contributed by atoms with Gasteiger partial charge in [0.1, 0.15) is 11.4 Å². The minimum atomic E-state index is -0.526. The summed E-state index contributed by atoms with van der Waals surface area (Å²) in [4.78, 5) is 13.8. The largest absolute Gasteiger partial charge is 0.444 e. The molecule has 0 spiro atoms. The first kappa shape index (κ1) is 17.2. The maximum atomic E-state index is 13.3. The molecule has 20 heavy (non-hydrogen) atoms. The van der Waals surface area contributed by atoms with Crippen LogP contribution in [0.1, 0.15) is 40.2 Å². The van der Waals surface area contributed by atoms with Crippen LogP contribution in [0.2, 0.25) is 0 Å². The molecule has 1 amide bonds. The summed E-state index contributed by atoms with van der Waals surface area (Å²) >= 11 is 1.94. The fourth-order valence-corrected chi connectivity index (χ4v) is 2.19. The molecule has 0 N–H and O–H groups in total. The zero-order valence-corrected chi connectivity index (χ0v) is 14.7. The minimum absolute atomic E-state index is 0.00700. The Balaban J connectivity index is 2.87. The van der Waals surface area contributed by atoms with E-state index in [9.17, 15) is 9.18 Å². The molecule has 0 fully saturated rings. The maximum absolute atomic E-state index is 13.3. The molecule has 5 heteroatoms. The second-order valence-corrected chi connectivity index (χ2v) is 7.11. The van der Waals surface area contributed by atoms with Crippen molar-refractivity contribution >= 4 is 28.7 Å². The number of carbonyl (C=O) groups excluding carboxylic acids is 1. The summed E-state index contributed by atoms with van der Waals surface area (Å²) < 4.78 is 19.2. The third-order valence-corrected chi connectivity index (χ3v) is 3.41. The molecular formula is C15H21FINO2. The van der Waals surface area contributed by atoms with Gasteiger partial charge in [0.15, 0.2) is 0 Å². The highest BCUT2D eigenvalue weighted by molar-refractivity contribution is 14.1. The summed E-state index contributed by atoms with van der Waals surface area (Å²) in [6.07, 6.45) is -0.355. The average molecular weight is 393 g/mol. The molecule has 0 saturated carbocycles. The van der Waals surface area contributed by atoms with E-state index in [-0.39, 0.29) is 18.0 Å². The van der Waals surface area contributed by atoms with Crippen LogP contribution in [0.4, 0.5) is 9.18 Å². The molecule has 1 aromatic carbocycles. The summed E-state index contributed by atoms with van der Waals surface area (Å²) in [5.74, 6) is -0.247. The van der Waals surface area contributed by atoms with Gasteiger partial charge in [0.2, 0.25) is 0 Å². The van der Waals surface area contributed by atoms with Gasteiger partial charge in [-0.2, -0.15) is 0 Å². The highest BCUT2D eigenvalue weighted by Crippen LogP contribution is 2.18. The Labute approximate surface area is 133 Å². The van der Waals surface area contributed by atoms with Crippen LogP contribution in [0.5, 0.6) is 0 Å². The molecule has 0 unspecified atom stereocenters. The number of carbonyl (C=O) groups is 1. The zero-order chi connectivity index (χ0) is 15.5. The van der Waals surface area contributed by atoms with Crippen molar-refractivity contribution in [1.82, 2.24) is 4.90 Å². The topological polar surface area (TPSA) is 29.5 Å². The first-order chi connectivity index (χ1) is 9.10. The Hall–Kier alpha value is -0.850. The van der Waals surface area contributed by atoms with E-state index in [4.69, 9.17) is 4.74 Å². The second kappa shape index (κ2) is 6.74. The van der Waals surface area contributed by atoms with Gasteiger partial charge in [0.05, 0.1) is 0 Å². The lowest BCUT2D eigenvalue weighted by Crippen LogP contribution is -2.40. The summed E-state index contributed by atoms with van der Waals surface area (Å²) in [6.45, 7) is 9.78. The van der Waals surface area contributed by atoms with Crippen LogP contribution >= 0.6 is 22.6 Å². The van der Waals surface area contributed by atoms with E-state index in [0.29, 0.717) is 10.1 Å². The number of amides is 1. The molecule has 112 valence electrons. The van der Waals surface area contributed by atoms with Gasteiger partial charge >= 0.3 is 6.09 Å². The van der Waals surface area contributed by atoms with Crippen molar-refractivity contribution in [2.24, 2.45) is 0 Å². The number of halogens is 2. The number of hydrogen-bond acceptors (Lipinski definition) is 2. The molecule has 0 aromatic heterocycles. The van der Waals surface area contributed by atoms with Crippen LogP contribution in [0, 0.1) is 9.39 Å². The lowest BCUT2D eigenvalue weighted by atomic mass is 10.2. The van der Waals surface area contributed by atoms with Gasteiger partial charge in [0.25, 0.3) is 0 Å². The zero-order valence-electron chi connectivity index (χ0n) is 12.5. The van der Waals surface area contributed by atoms with Crippen molar-refractivity contribution in [3.05, 3.63) is 33.1 Å². The lowest BCUT2D eigenvalue weighted by Gasteiger charge is -2.30. The van der Waals surface area contributed by atoms with E-state index in [1.807, 2.05) is 57.2 Å². The highest BCUT2D eigenvalue weighted by Gasteiger charge is 2.24. The van der Waals surface area contributed by atoms with Gasteiger partial charge in [-0.05, 0) is 74.9 Å². The minimum Gasteiger partial charge on any atom is -0.444 e. The molecule has 0 aliphatic heterocycles. The summed E-state index contributed by atoms with van der Waals surface area (Å²) in [5, 5.41) is 0. The van der Waals surface area contributed by atoms with Gasteiger partial charge < -0.3 is 9.64 Å². The monoisotopic (exact) mass is 393 g/mol. The van der Waals surface area contributed by atoms with Crippen molar-refractivity contribution < 1.29 is 13.9 Å². The van der Waals surface area contributed by atoms with E-state index in [0.717, 1.165) is 5.56 Å². The lowest BCUT2D eigenvalue weighted by molar-refractivity contribution is 0.0172. The van der Waals surface area contributed by atoms with Gasteiger partial charge in [-0.1, -0.05) is 6.07 Å². The Bertz CT molecular complexity index is 483. The van der Waals surface area contributed by atoms with Gasteiger partial charge in [-0.3, -0.25) is 0 Å².